The maximum absolute atomic E-state index is 5.14. The highest BCUT2D eigenvalue weighted by atomic mass is 15.3. The molecular weight excluding hydrogens is 374 g/mol. The molecule has 0 saturated carbocycles. The fourth-order valence-corrected chi connectivity index (χ4v) is 4.45. The third kappa shape index (κ3) is 3.39. The molecule has 5 rings (SSSR count). The zero-order valence-corrected chi connectivity index (χ0v) is 17.7. The lowest BCUT2D eigenvalue weighted by Gasteiger charge is -2.37. The Balaban J connectivity index is 1.66. The molecular formula is C23H27N7. The molecule has 4 aromatic heterocycles. The van der Waals surface area contributed by atoms with E-state index < -0.39 is 0 Å². The number of aromatic nitrogens is 6. The van der Waals surface area contributed by atoms with Gasteiger partial charge in [0.1, 0.15) is 12.2 Å². The van der Waals surface area contributed by atoms with Crippen molar-refractivity contribution in [2.24, 2.45) is 0 Å². The summed E-state index contributed by atoms with van der Waals surface area (Å²) < 4.78 is 1.79. The van der Waals surface area contributed by atoms with Crippen LogP contribution in [0.1, 0.15) is 50.7 Å². The minimum absolute atomic E-state index is 0.297. The highest BCUT2D eigenvalue weighted by molar-refractivity contribution is 5.77. The summed E-state index contributed by atoms with van der Waals surface area (Å²) in [5.74, 6) is 1.02. The van der Waals surface area contributed by atoms with Gasteiger partial charge in [-0.3, -0.25) is 9.88 Å². The number of hydrogen-bond donors (Lipinski definition) is 1. The second-order valence-corrected chi connectivity index (χ2v) is 8.33. The first kappa shape index (κ1) is 18.9. The summed E-state index contributed by atoms with van der Waals surface area (Å²) in [5.41, 5.74) is 5.60. The van der Waals surface area contributed by atoms with Gasteiger partial charge in [0.15, 0.2) is 5.65 Å². The molecule has 1 aliphatic heterocycles. The van der Waals surface area contributed by atoms with Gasteiger partial charge < -0.3 is 4.98 Å². The molecule has 0 aromatic carbocycles. The van der Waals surface area contributed by atoms with Crippen molar-refractivity contribution in [1.82, 2.24) is 34.4 Å². The highest BCUT2D eigenvalue weighted by Gasteiger charge is 2.29. The first-order chi connectivity index (χ1) is 14.6. The molecule has 1 aliphatic rings. The number of fused-ring (bicyclic) bond motifs is 1. The van der Waals surface area contributed by atoms with Crippen molar-refractivity contribution in [1.29, 1.82) is 0 Å². The van der Waals surface area contributed by atoms with E-state index in [2.05, 4.69) is 39.9 Å². The molecule has 0 radical (unpaired) electrons. The van der Waals surface area contributed by atoms with Crippen LogP contribution >= 0.6 is 0 Å². The van der Waals surface area contributed by atoms with E-state index in [0.717, 1.165) is 52.8 Å². The van der Waals surface area contributed by atoms with E-state index in [0.29, 0.717) is 12.1 Å². The van der Waals surface area contributed by atoms with E-state index in [-0.39, 0.29) is 0 Å². The number of hydrogen-bond acceptors (Lipinski definition) is 5. The average Bonchev–Trinajstić information content (AvgIpc) is 3.40. The number of likely N-dealkylation sites (tertiary alicyclic amines) is 1. The smallest absolute Gasteiger partial charge is 0.155 e. The Hall–Kier alpha value is -3.06. The van der Waals surface area contributed by atoms with Gasteiger partial charge in [0.2, 0.25) is 0 Å². The first-order valence-electron chi connectivity index (χ1n) is 10.7. The van der Waals surface area contributed by atoms with Crippen LogP contribution in [0.15, 0.2) is 42.9 Å². The Morgan fingerprint density at radius 2 is 2.00 bits per heavy atom. The molecule has 7 nitrogen and oxygen atoms in total. The second-order valence-electron chi connectivity index (χ2n) is 8.33. The standard InChI is InChI=1S/C23H27N7/c1-15(2)29-12-5-4-9-19(29)23-27-21(17-10-11-20-24-14-25-30(20)13-17)22(28-23)18-8-6-7-16(3)26-18/h6-8,10-11,13-15,19H,4-5,9,12H2,1-3H3,(H,27,28). The predicted molar refractivity (Wildman–Crippen MR) is 117 cm³/mol. The van der Waals surface area contributed by atoms with E-state index in [9.17, 15) is 0 Å². The van der Waals surface area contributed by atoms with Crippen LogP contribution in [0.5, 0.6) is 0 Å². The summed E-state index contributed by atoms with van der Waals surface area (Å²) in [4.78, 5) is 20.4. The Bertz CT molecular complexity index is 1170. The lowest BCUT2D eigenvalue weighted by molar-refractivity contribution is 0.107. The fourth-order valence-electron chi connectivity index (χ4n) is 4.45. The molecule has 0 bridgehead atoms. The summed E-state index contributed by atoms with van der Waals surface area (Å²) in [6.07, 6.45) is 7.15. The summed E-state index contributed by atoms with van der Waals surface area (Å²) >= 11 is 0. The van der Waals surface area contributed by atoms with E-state index in [1.165, 1.54) is 12.8 Å². The number of H-pyrrole nitrogens is 1. The van der Waals surface area contributed by atoms with E-state index in [1.807, 2.05) is 37.4 Å². The Kier molecular flexibility index (Phi) is 4.83. The Labute approximate surface area is 176 Å². The van der Waals surface area contributed by atoms with Crippen LogP contribution in [-0.4, -0.2) is 47.0 Å². The summed E-state index contributed by atoms with van der Waals surface area (Å²) in [7, 11) is 0. The number of rotatable bonds is 4. The third-order valence-corrected chi connectivity index (χ3v) is 5.94. The number of imidazole rings is 1. The molecule has 7 heteroatoms. The minimum atomic E-state index is 0.297. The van der Waals surface area contributed by atoms with Gasteiger partial charge >= 0.3 is 0 Å². The number of nitrogens with one attached hydrogen (secondary N) is 1. The normalized spacial score (nSPS) is 17.8. The molecule has 1 N–H and O–H groups in total. The number of nitrogens with zero attached hydrogens (tertiary/aromatic N) is 6. The Morgan fingerprint density at radius 1 is 1.10 bits per heavy atom. The molecule has 0 aliphatic carbocycles. The van der Waals surface area contributed by atoms with Crippen molar-refractivity contribution in [2.75, 3.05) is 6.54 Å². The van der Waals surface area contributed by atoms with Crippen LogP contribution < -0.4 is 0 Å². The van der Waals surface area contributed by atoms with Crippen molar-refractivity contribution in [2.45, 2.75) is 52.1 Å². The van der Waals surface area contributed by atoms with Crippen molar-refractivity contribution in [3.8, 4) is 22.6 Å². The average molecular weight is 402 g/mol. The van der Waals surface area contributed by atoms with E-state index >= 15 is 0 Å². The number of piperidine rings is 1. The minimum Gasteiger partial charge on any atom is -0.339 e. The van der Waals surface area contributed by atoms with Crippen LogP contribution in [0.25, 0.3) is 28.3 Å². The molecule has 1 fully saturated rings. The van der Waals surface area contributed by atoms with Gasteiger partial charge in [-0.25, -0.2) is 14.5 Å². The molecule has 4 aromatic rings. The van der Waals surface area contributed by atoms with Crippen LogP contribution in [0.4, 0.5) is 0 Å². The van der Waals surface area contributed by atoms with Crippen molar-refractivity contribution in [3.63, 3.8) is 0 Å². The zero-order chi connectivity index (χ0) is 20.7. The van der Waals surface area contributed by atoms with Crippen LogP contribution in [0.3, 0.4) is 0 Å². The summed E-state index contributed by atoms with van der Waals surface area (Å²) in [6, 6.07) is 10.9. The van der Waals surface area contributed by atoms with Gasteiger partial charge in [0, 0.05) is 23.5 Å². The van der Waals surface area contributed by atoms with Gasteiger partial charge in [0.25, 0.3) is 0 Å². The predicted octanol–water partition coefficient (Wildman–Crippen LogP) is 4.43. The molecule has 30 heavy (non-hydrogen) atoms. The van der Waals surface area contributed by atoms with Crippen molar-refractivity contribution >= 4 is 5.65 Å². The van der Waals surface area contributed by atoms with Crippen LogP contribution in [0.2, 0.25) is 0 Å². The van der Waals surface area contributed by atoms with Gasteiger partial charge in [-0.1, -0.05) is 12.5 Å². The molecule has 1 unspecified atom stereocenters. The van der Waals surface area contributed by atoms with Crippen LogP contribution in [0, 0.1) is 6.92 Å². The molecule has 0 amide bonds. The maximum Gasteiger partial charge on any atom is 0.155 e. The topological polar surface area (TPSA) is 75.0 Å². The lowest BCUT2D eigenvalue weighted by Crippen LogP contribution is -2.38. The van der Waals surface area contributed by atoms with Gasteiger partial charge in [-0.2, -0.15) is 5.10 Å². The quantitative estimate of drug-likeness (QED) is 0.548. The van der Waals surface area contributed by atoms with Gasteiger partial charge in [-0.15, -0.1) is 0 Å². The molecule has 5 heterocycles. The Morgan fingerprint density at radius 3 is 2.83 bits per heavy atom. The number of aryl methyl sites for hydroxylation is 1. The number of aromatic amines is 1. The van der Waals surface area contributed by atoms with Crippen molar-refractivity contribution in [3.05, 3.63) is 54.4 Å². The highest BCUT2D eigenvalue weighted by Crippen LogP contribution is 2.36. The lowest BCUT2D eigenvalue weighted by atomic mass is 10.00. The second kappa shape index (κ2) is 7.65. The third-order valence-electron chi connectivity index (χ3n) is 5.94. The van der Waals surface area contributed by atoms with E-state index in [4.69, 9.17) is 9.97 Å². The van der Waals surface area contributed by atoms with Gasteiger partial charge in [0.05, 0.1) is 23.1 Å². The molecule has 1 atom stereocenters. The first-order valence-corrected chi connectivity index (χ1v) is 10.7. The van der Waals surface area contributed by atoms with E-state index in [1.54, 1.807) is 10.8 Å². The largest absolute Gasteiger partial charge is 0.339 e. The molecule has 0 spiro atoms. The fraction of sp³-hybridized carbons (Fsp3) is 0.391. The van der Waals surface area contributed by atoms with Crippen molar-refractivity contribution < 1.29 is 0 Å². The SMILES string of the molecule is Cc1cccc(-c2[nH]c(C3CCCCN3C(C)C)nc2-c2ccc3ncnn3c2)n1. The molecule has 1 saturated heterocycles. The zero-order valence-electron chi connectivity index (χ0n) is 17.7. The maximum atomic E-state index is 5.14. The summed E-state index contributed by atoms with van der Waals surface area (Å²) in [6.45, 7) is 7.67. The number of pyridine rings is 2. The monoisotopic (exact) mass is 401 g/mol. The van der Waals surface area contributed by atoms with Gasteiger partial charge in [-0.05, 0) is 64.4 Å². The van der Waals surface area contributed by atoms with Crippen LogP contribution in [-0.2, 0) is 0 Å². The summed E-state index contributed by atoms with van der Waals surface area (Å²) in [5, 5.41) is 4.30. The molecule has 154 valence electrons.